The fraction of sp³-hybridized carbons (Fsp3) is 0.538. The highest BCUT2D eigenvalue weighted by atomic mass is 32.2. The molecule has 2 rings (SSSR count). The van der Waals surface area contributed by atoms with Crippen LogP contribution in [0.15, 0.2) is 18.2 Å². The Bertz CT molecular complexity index is 571. The predicted octanol–water partition coefficient (Wildman–Crippen LogP) is 1.50. The first-order valence-corrected chi connectivity index (χ1v) is 8.07. The molecule has 1 aromatic carbocycles. The second kappa shape index (κ2) is 5.09. The van der Waals surface area contributed by atoms with Gasteiger partial charge in [-0.25, -0.2) is 12.8 Å². The molecule has 1 heterocycles. The molecule has 1 aliphatic rings. The zero-order valence-corrected chi connectivity index (χ0v) is 11.8. The van der Waals surface area contributed by atoms with Gasteiger partial charge < -0.3 is 10.0 Å². The molecule has 0 saturated carbocycles. The van der Waals surface area contributed by atoms with Crippen LogP contribution in [0.2, 0.25) is 0 Å². The van der Waals surface area contributed by atoms with Crippen LogP contribution >= 0.6 is 0 Å². The van der Waals surface area contributed by atoms with Gasteiger partial charge in [0.2, 0.25) is 0 Å². The first kappa shape index (κ1) is 14.3. The summed E-state index contributed by atoms with van der Waals surface area (Å²) in [5.41, 5.74) is 0.811. The van der Waals surface area contributed by atoms with Gasteiger partial charge in [-0.05, 0) is 26.0 Å². The molecule has 0 radical (unpaired) electrons. The van der Waals surface area contributed by atoms with E-state index in [1.165, 1.54) is 13.0 Å². The number of aliphatic hydroxyl groups excluding tert-OH is 1. The quantitative estimate of drug-likeness (QED) is 0.895. The number of benzene rings is 1. The maximum Gasteiger partial charge on any atom is 0.154 e. The van der Waals surface area contributed by atoms with Gasteiger partial charge in [-0.3, -0.25) is 0 Å². The van der Waals surface area contributed by atoms with Crippen LogP contribution in [0.3, 0.4) is 0 Å². The van der Waals surface area contributed by atoms with Crippen LogP contribution in [0.4, 0.5) is 10.1 Å². The number of rotatable bonds is 2. The van der Waals surface area contributed by atoms with Gasteiger partial charge in [-0.1, -0.05) is 6.07 Å². The summed E-state index contributed by atoms with van der Waals surface area (Å²) in [7, 11) is -3.01. The third-order valence-electron chi connectivity index (χ3n) is 3.43. The van der Waals surface area contributed by atoms with E-state index in [9.17, 15) is 17.9 Å². The topological polar surface area (TPSA) is 57.6 Å². The van der Waals surface area contributed by atoms with E-state index in [-0.39, 0.29) is 23.1 Å². The van der Waals surface area contributed by atoms with E-state index in [0.717, 1.165) is 0 Å². The maximum absolute atomic E-state index is 13.8. The zero-order chi connectivity index (χ0) is 14.2. The highest BCUT2D eigenvalue weighted by Crippen LogP contribution is 2.31. The lowest BCUT2D eigenvalue weighted by Gasteiger charge is -2.36. The van der Waals surface area contributed by atoms with E-state index in [2.05, 4.69) is 0 Å². The van der Waals surface area contributed by atoms with E-state index in [1.54, 1.807) is 19.1 Å². The molecule has 0 aliphatic carbocycles. The Kier molecular flexibility index (Phi) is 3.82. The van der Waals surface area contributed by atoms with Crippen molar-refractivity contribution in [2.75, 3.05) is 23.0 Å². The fourth-order valence-corrected chi connectivity index (χ4v) is 4.10. The number of aliphatic hydroxyl groups is 1. The van der Waals surface area contributed by atoms with Crippen LogP contribution in [-0.2, 0) is 9.84 Å². The van der Waals surface area contributed by atoms with Gasteiger partial charge in [0.05, 0.1) is 17.6 Å². The van der Waals surface area contributed by atoms with Crippen molar-refractivity contribution in [3.05, 3.63) is 29.6 Å². The van der Waals surface area contributed by atoms with Crippen molar-refractivity contribution in [1.29, 1.82) is 0 Å². The van der Waals surface area contributed by atoms with Gasteiger partial charge >= 0.3 is 0 Å². The normalized spacial score (nSPS) is 24.2. The minimum absolute atomic E-state index is 0.0583. The largest absolute Gasteiger partial charge is 0.389 e. The van der Waals surface area contributed by atoms with Crippen LogP contribution in [0.25, 0.3) is 0 Å². The van der Waals surface area contributed by atoms with Crippen molar-refractivity contribution in [1.82, 2.24) is 0 Å². The molecule has 1 saturated heterocycles. The van der Waals surface area contributed by atoms with Crippen LogP contribution in [0, 0.1) is 5.82 Å². The van der Waals surface area contributed by atoms with Gasteiger partial charge in [0.15, 0.2) is 9.84 Å². The molecule has 1 fully saturated rings. The van der Waals surface area contributed by atoms with Crippen LogP contribution in [0.1, 0.15) is 25.5 Å². The fourth-order valence-electron chi connectivity index (χ4n) is 2.55. The van der Waals surface area contributed by atoms with Gasteiger partial charge in [-0.15, -0.1) is 0 Å². The molecule has 4 nitrogen and oxygen atoms in total. The number of nitrogens with zero attached hydrogens (tertiary/aromatic N) is 1. The zero-order valence-electron chi connectivity index (χ0n) is 11.0. The lowest BCUT2D eigenvalue weighted by atomic mass is 10.1. The number of sulfone groups is 1. The average Bonchev–Trinajstić information content (AvgIpc) is 2.26. The number of anilines is 1. The first-order chi connectivity index (χ1) is 8.82. The van der Waals surface area contributed by atoms with Crippen LogP contribution in [-0.4, -0.2) is 37.6 Å². The molecular weight excluding hydrogens is 269 g/mol. The molecule has 0 aromatic heterocycles. The van der Waals surface area contributed by atoms with E-state index in [0.29, 0.717) is 12.2 Å². The van der Waals surface area contributed by atoms with Crippen molar-refractivity contribution in [3.63, 3.8) is 0 Å². The second-order valence-corrected chi connectivity index (χ2v) is 7.23. The molecule has 6 heteroatoms. The molecule has 1 aliphatic heterocycles. The van der Waals surface area contributed by atoms with E-state index in [1.807, 2.05) is 4.90 Å². The molecule has 2 atom stereocenters. The Labute approximate surface area is 112 Å². The van der Waals surface area contributed by atoms with Gasteiger partial charge in [0.25, 0.3) is 0 Å². The third kappa shape index (κ3) is 2.90. The van der Waals surface area contributed by atoms with Crippen molar-refractivity contribution < 1.29 is 17.9 Å². The van der Waals surface area contributed by atoms with E-state index >= 15 is 0 Å². The summed E-state index contributed by atoms with van der Waals surface area (Å²) in [6.07, 6.45) is -0.929. The van der Waals surface area contributed by atoms with E-state index in [4.69, 9.17) is 0 Å². The molecule has 19 heavy (non-hydrogen) atoms. The minimum Gasteiger partial charge on any atom is -0.389 e. The van der Waals surface area contributed by atoms with Crippen molar-refractivity contribution in [2.24, 2.45) is 0 Å². The molecule has 106 valence electrons. The Morgan fingerprint density at radius 3 is 2.74 bits per heavy atom. The number of halogens is 1. The van der Waals surface area contributed by atoms with E-state index < -0.39 is 21.8 Å². The molecule has 0 bridgehead atoms. The summed E-state index contributed by atoms with van der Waals surface area (Å²) in [5.74, 6) is -0.344. The van der Waals surface area contributed by atoms with Gasteiger partial charge in [0, 0.05) is 23.8 Å². The Hall–Kier alpha value is -1.14. The SMILES string of the molecule is CC1CS(=O)(=O)CCN1c1cccc(F)c1[C@@H](C)O. The van der Waals surface area contributed by atoms with Crippen molar-refractivity contribution in [2.45, 2.75) is 26.0 Å². The van der Waals surface area contributed by atoms with Crippen LogP contribution < -0.4 is 4.90 Å². The van der Waals surface area contributed by atoms with Gasteiger partial charge in [-0.2, -0.15) is 0 Å². The molecule has 0 spiro atoms. The minimum atomic E-state index is -3.01. The summed E-state index contributed by atoms with van der Waals surface area (Å²) in [4.78, 5) is 1.85. The molecule has 1 N–H and O–H groups in total. The number of hydrogen-bond donors (Lipinski definition) is 1. The Balaban J connectivity index is 2.40. The summed E-state index contributed by atoms with van der Waals surface area (Å²) in [6, 6.07) is 4.38. The number of hydrogen-bond acceptors (Lipinski definition) is 4. The Morgan fingerprint density at radius 2 is 2.16 bits per heavy atom. The molecule has 1 aromatic rings. The first-order valence-electron chi connectivity index (χ1n) is 6.25. The standard InChI is InChI=1S/C13H18FNO3S/c1-9-8-19(17,18)7-6-15(9)12-5-3-4-11(14)13(12)10(2)16/h3-5,9-10,16H,6-8H2,1-2H3/t9?,10-/m1/s1. The molecule has 0 amide bonds. The molecule has 1 unspecified atom stereocenters. The third-order valence-corrected chi connectivity index (χ3v) is 5.22. The highest BCUT2D eigenvalue weighted by Gasteiger charge is 2.30. The van der Waals surface area contributed by atoms with Crippen molar-refractivity contribution in [3.8, 4) is 0 Å². The maximum atomic E-state index is 13.8. The van der Waals surface area contributed by atoms with Gasteiger partial charge in [0.1, 0.15) is 5.82 Å². The lowest BCUT2D eigenvalue weighted by Crippen LogP contribution is -2.47. The monoisotopic (exact) mass is 287 g/mol. The summed E-state index contributed by atoms with van der Waals surface area (Å²) in [6.45, 7) is 3.63. The van der Waals surface area contributed by atoms with Crippen LogP contribution in [0.5, 0.6) is 0 Å². The Morgan fingerprint density at radius 1 is 1.47 bits per heavy atom. The highest BCUT2D eigenvalue weighted by molar-refractivity contribution is 7.91. The van der Waals surface area contributed by atoms with Crippen molar-refractivity contribution >= 4 is 15.5 Å². The predicted molar refractivity (Wildman–Crippen MR) is 72.5 cm³/mol. The lowest BCUT2D eigenvalue weighted by molar-refractivity contribution is 0.194. The summed E-state index contributed by atoms with van der Waals surface area (Å²) >= 11 is 0. The molecular formula is C13H18FNO3S. The smallest absolute Gasteiger partial charge is 0.154 e. The average molecular weight is 287 g/mol. The summed E-state index contributed by atoms with van der Waals surface area (Å²) in [5, 5.41) is 9.72. The summed E-state index contributed by atoms with van der Waals surface area (Å²) < 4.78 is 37.0. The second-order valence-electron chi connectivity index (χ2n) is 5.01.